The summed E-state index contributed by atoms with van der Waals surface area (Å²) in [5.41, 5.74) is 0. The van der Waals surface area contributed by atoms with E-state index in [0.29, 0.717) is 13.0 Å². The molecule has 0 amide bonds. The summed E-state index contributed by atoms with van der Waals surface area (Å²) in [5.74, 6) is -0.329. The zero-order valence-corrected chi connectivity index (χ0v) is 32.4. The van der Waals surface area contributed by atoms with Gasteiger partial charge in [0.1, 0.15) is 30.5 Å². The van der Waals surface area contributed by atoms with Crippen molar-refractivity contribution in [1.29, 1.82) is 0 Å². The first-order valence-electron chi connectivity index (χ1n) is 20.6. The molecule has 0 spiro atoms. The van der Waals surface area contributed by atoms with Crippen LogP contribution in [-0.4, -0.2) is 89.6 Å². The molecule has 0 aliphatic carbocycles. The van der Waals surface area contributed by atoms with Crippen LogP contribution in [0.1, 0.15) is 162 Å². The number of aliphatic hydroxyl groups is 4. The van der Waals surface area contributed by atoms with Gasteiger partial charge in [0, 0.05) is 13.0 Å². The van der Waals surface area contributed by atoms with E-state index in [-0.39, 0.29) is 19.2 Å². The third-order valence-electron chi connectivity index (χ3n) is 9.31. The first kappa shape index (κ1) is 47.4. The van der Waals surface area contributed by atoms with Crippen molar-refractivity contribution >= 4 is 5.97 Å². The fourth-order valence-electron chi connectivity index (χ4n) is 6.03. The quantitative estimate of drug-likeness (QED) is 0.0293. The van der Waals surface area contributed by atoms with Crippen LogP contribution in [0, 0.1) is 0 Å². The minimum atomic E-state index is -1.54. The summed E-state index contributed by atoms with van der Waals surface area (Å²) in [5, 5.41) is 39.9. The Balaban J connectivity index is 2.24. The van der Waals surface area contributed by atoms with Gasteiger partial charge in [0.15, 0.2) is 6.29 Å². The van der Waals surface area contributed by atoms with E-state index in [1.807, 2.05) is 0 Å². The topological polar surface area (TPSA) is 135 Å². The third-order valence-corrected chi connectivity index (χ3v) is 9.31. The molecule has 1 aliphatic rings. The lowest BCUT2D eigenvalue weighted by atomic mass is 9.99. The van der Waals surface area contributed by atoms with Crippen molar-refractivity contribution in [3.8, 4) is 0 Å². The molecule has 0 aromatic rings. The maximum absolute atomic E-state index is 12.7. The van der Waals surface area contributed by atoms with Crippen molar-refractivity contribution in [2.75, 3.05) is 26.4 Å². The normalized spacial score (nSPS) is 21.7. The second kappa shape index (κ2) is 34.2. The molecular formula is C42H76O9. The van der Waals surface area contributed by atoms with E-state index in [4.69, 9.17) is 18.9 Å². The molecule has 9 nitrogen and oxygen atoms in total. The summed E-state index contributed by atoms with van der Waals surface area (Å²) in [6.07, 6.45) is 31.8. The highest BCUT2D eigenvalue weighted by molar-refractivity contribution is 5.69. The zero-order valence-electron chi connectivity index (χ0n) is 32.4. The molecule has 1 aliphatic heterocycles. The lowest BCUT2D eigenvalue weighted by molar-refractivity contribution is -0.305. The summed E-state index contributed by atoms with van der Waals surface area (Å²) < 4.78 is 22.6. The SMILES string of the molecule is CCCCCCC/C=C\C/C=C\C/C=C\CCCCCCCCC(=O)OC(COCCCCCCCCC)COC1OC(CO)C(O)C(O)C1O. The van der Waals surface area contributed by atoms with E-state index < -0.39 is 43.4 Å². The smallest absolute Gasteiger partial charge is 0.306 e. The van der Waals surface area contributed by atoms with Crippen LogP contribution < -0.4 is 0 Å². The molecular weight excluding hydrogens is 648 g/mol. The standard InChI is InChI=1S/C42H76O9/c1-3-5-7-9-11-12-13-14-15-16-17-18-19-20-21-22-23-24-25-27-29-31-38(44)50-36(34-48-32-30-28-26-10-8-6-4-2)35-49-42-41(47)40(46)39(45)37(33-43)51-42/h13-14,16-17,19-20,36-37,39-43,45-47H,3-12,15,18,21-35H2,1-2H3/b14-13-,17-16-,20-19-. The van der Waals surface area contributed by atoms with Crippen molar-refractivity contribution in [2.45, 2.75) is 198 Å². The molecule has 298 valence electrons. The highest BCUT2D eigenvalue weighted by Crippen LogP contribution is 2.22. The predicted molar refractivity (Wildman–Crippen MR) is 205 cm³/mol. The molecule has 51 heavy (non-hydrogen) atoms. The Hall–Kier alpha value is -1.59. The van der Waals surface area contributed by atoms with E-state index in [1.165, 1.54) is 83.5 Å². The van der Waals surface area contributed by atoms with E-state index in [0.717, 1.165) is 57.8 Å². The van der Waals surface area contributed by atoms with Gasteiger partial charge >= 0.3 is 5.97 Å². The molecule has 6 unspecified atom stereocenters. The highest BCUT2D eigenvalue weighted by Gasteiger charge is 2.44. The van der Waals surface area contributed by atoms with Gasteiger partial charge in [-0.3, -0.25) is 4.79 Å². The maximum Gasteiger partial charge on any atom is 0.306 e. The lowest BCUT2D eigenvalue weighted by Gasteiger charge is -2.39. The number of rotatable bonds is 34. The predicted octanol–water partition coefficient (Wildman–Crippen LogP) is 8.41. The average Bonchev–Trinajstić information content (AvgIpc) is 3.13. The van der Waals surface area contributed by atoms with Crippen molar-refractivity contribution < 1.29 is 44.2 Å². The number of hydrogen-bond donors (Lipinski definition) is 4. The third kappa shape index (κ3) is 25.9. The van der Waals surface area contributed by atoms with Crippen molar-refractivity contribution in [2.24, 2.45) is 0 Å². The Labute approximate surface area is 310 Å². The molecule has 0 saturated carbocycles. The van der Waals surface area contributed by atoms with Crippen LogP contribution in [0.2, 0.25) is 0 Å². The fourth-order valence-corrected chi connectivity index (χ4v) is 6.03. The Morgan fingerprint density at radius 3 is 1.71 bits per heavy atom. The van der Waals surface area contributed by atoms with Crippen LogP contribution in [-0.2, 0) is 23.7 Å². The number of aliphatic hydroxyl groups excluding tert-OH is 4. The summed E-state index contributed by atoms with van der Waals surface area (Å²) >= 11 is 0. The molecule has 0 radical (unpaired) electrons. The number of ether oxygens (including phenoxy) is 4. The van der Waals surface area contributed by atoms with Crippen LogP contribution in [0.3, 0.4) is 0 Å². The minimum Gasteiger partial charge on any atom is -0.457 e. The Kier molecular flexibility index (Phi) is 31.8. The van der Waals surface area contributed by atoms with Crippen molar-refractivity contribution in [3.05, 3.63) is 36.5 Å². The summed E-state index contributed by atoms with van der Waals surface area (Å²) in [6, 6.07) is 0. The molecule has 9 heteroatoms. The van der Waals surface area contributed by atoms with Crippen LogP contribution in [0.15, 0.2) is 36.5 Å². The van der Waals surface area contributed by atoms with Crippen molar-refractivity contribution in [3.63, 3.8) is 0 Å². The van der Waals surface area contributed by atoms with E-state index in [2.05, 4.69) is 50.3 Å². The van der Waals surface area contributed by atoms with E-state index in [1.54, 1.807) is 0 Å². The van der Waals surface area contributed by atoms with Gasteiger partial charge in [0.25, 0.3) is 0 Å². The van der Waals surface area contributed by atoms with Gasteiger partial charge in [-0.2, -0.15) is 0 Å². The van der Waals surface area contributed by atoms with Crippen LogP contribution in [0.25, 0.3) is 0 Å². The van der Waals surface area contributed by atoms with Crippen LogP contribution in [0.5, 0.6) is 0 Å². The van der Waals surface area contributed by atoms with Crippen LogP contribution >= 0.6 is 0 Å². The molecule has 1 fully saturated rings. The van der Waals surface area contributed by atoms with E-state index in [9.17, 15) is 25.2 Å². The van der Waals surface area contributed by atoms with Gasteiger partial charge in [0.05, 0.1) is 19.8 Å². The largest absolute Gasteiger partial charge is 0.457 e. The molecule has 0 bridgehead atoms. The van der Waals surface area contributed by atoms with Crippen molar-refractivity contribution in [1.82, 2.24) is 0 Å². The lowest BCUT2D eigenvalue weighted by Crippen LogP contribution is -2.59. The maximum atomic E-state index is 12.7. The Bertz CT molecular complexity index is 874. The second-order valence-corrected chi connectivity index (χ2v) is 14.1. The summed E-state index contributed by atoms with van der Waals surface area (Å²) in [6.45, 7) is 4.48. The molecule has 6 atom stereocenters. The summed E-state index contributed by atoms with van der Waals surface area (Å²) in [4.78, 5) is 12.7. The molecule has 1 heterocycles. The fraction of sp³-hybridized carbons (Fsp3) is 0.833. The monoisotopic (exact) mass is 725 g/mol. The number of carbonyl (C=O) groups excluding carboxylic acids is 1. The molecule has 0 aromatic heterocycles. The Morgan fingerprint density at radius 2 is 1.14 bits per heavy atom. The molecule has 1 rings (SSSR count). The number of unbranched alkanes of at least 4 members (excludes halogenated alkanes) is 17. The van der Waals surface area contributed by atoms with Gasteiger partial charge in [-0.25, -0.2) is 0 Å². The van der Waals surface area contributed by atoms with Gasteiger partial charge in [0.2, 0.25) is 0 Å². The second-order valence-electron chi connectivity index (χ2n) is 14.1. The van der Waals surface area contributed by atoms with E-state index >= 15 is 0 Å². The minimum absolute atomic E-state index is 0.118. The summed E-state index contributed by atoms with van der Waals surface area (Å²) in [7, 11) is 0. The average molecular weight is 725 g/mol. The van der Waals surface area contributed by atoms with Crippen LogP contribution in [0.4, 0.5) is 0 Å². The first-order chi connectivity index (χ1) is 24.9. The van der Waals surface area contributed by atoms with Gasteiger partial charge in [-0.05, 0) is 51.4 Å². The number of esters is 1. The molecule has 0 aromatic carbocycles. The molecule has 4 N–H and O–H groups in total. The van der Waals surface area contributed by atoms with Gasteiger partial charge in [-0.15, -0.1) is 0 Å². The number of allylic oxidation sites excluding steroid dienone is 6. The number of carbonyl (C=O) groups is 1. The van der Waals surface area contributed by atoms with Gasteiger partial charge in [-0.1, -0.05) is 140 Å². The van der Waals surface area contributed by atoms with Gasteiger partial charge < -0.3 is 39.4 Å². The Morgan fingerprint density at radius 1 is 0.627 bits per heavy atom. The first-order valence-corrected chi connectivity index (χ1v) is 20.6. The zero-order chi connectivity index (χ0) is 37.2. The number of hydrogen-bond acceptors (Lipinski definition) is 9. The molecule has 1 saturated heterocycles. The highest BCUT2D eigenvalue weighted by atomic mass is 16.7.